The smallest absolute Gasteiger partial charge is 0.407 e. The molecule has 1 aromatic heterocycles. The quantitative estimate of drug-likeness (QED) is 0.870. The van der Waals surface area contributed by atoms with E-state index in [1.807, 2.05) is 43.3 Å². The van der Waals surface area contributed by atoms with E-state index >= 15 is 0 Å². The van der Waals surface area contributed by atoms with E-state index in [0.29, 0.717) is 18.8 Å². The lowest BCUT2D eigenvalue weighted by molar-refractivity contribution is -0.0246. The Balaban J connectivity index is 1.49. The molecule has 2 bridgehead atoms. The summed E-state index contributed by atoms with van der Waals surface area (Å²) in [6.07, 6.45) is 1.69. The molecule has 4 rings (SSSR count). The van der Waals surface area contributed by atoms with Crippen LogP contribution in [0.4, 0.5) is 15.3 Å². The molecule has 0 saturated carbocycles. The van der Waals surface area contributed by atoms with Gasteiger partial charge in [0.15, 0.2) is 0 Å². The Bertz CT molecular complexity index is 843. The monoisotopic (exact) mass is 352 g/mol. The molecule has 2 N–H and O–H groups in total. The number of carbonyl (C=O) groups excluding carboxylic acids is 1. The Morgan fingerprint density at radius 2 is 1.96 bits per heavy atom. The van der Waals surface area contributed by atoms with E-state index < -0.39 is 6.09 Å². The number of aryl methyl sites for hydroxylation is 1. The highest BCUT2D eigenvalue weighted by atomic mass is 16.4. The van der Waals surface area contributed by atoms with Gasteiger partial charge in [0.25, 0.3) is 0 Å². The molecular weight excluding hydrogens is 332 g/mol. The van der Waals surface area contributed by atoms with Gasteiger partial charge in [0.1, 0.15) is 0 Å². The van der Waals surface area contributed by atoms with Crippen molar-refractivity contribution in [2.45, 2.75) is 25.4 Å². The Hall–Kier alpha value is -3.09. The molecule has 0 spiro atoms. The van der Waals surface area contributed by atoms with Gasteiger partial charge in [-0.15, -0.1) is 0 Å². The van der Waals surface area contributed by atoms with Gasteiger partial charge in [-0.1, -0.05) is 12.1 Å². The summed E-state index contributed by atoms with van der Waals surface area (Å²) in [6.45, 7) is 2.77. The van der Waals surface area contributed by atoms with Gasteiger partial charge in [0.2, 0.25) is 0 Å². The second-order valence-corrected chi connectivity index (χ2v) is 6.81. The van der Waals surface area contributed by atoms with E-state index in [0.717, 1.165) is 23.2 Å². The van der Waals surface area contributed by atoms with Gasteiger partial charge in [-0.05, 0) is 43.2 Å². The van der Waals surface area contributed by atoms with E-state index in [1.54, 1.807) is 11.1 Å². The van der Waals surface area contributed by atoms with Crippen molar-refractivity contribution in [2.24, 2.45) is 0 Å². The molecule has 0 radical (unpaired) electrons. The first-order valence-electron chi connectivity index (χ1n) is 8.62. The first kappa shape index (κ1) is 16.4. The number of pyridine rings is 1. The van der Waals surface area contributed by atoms with Gasteiger partial charge in [0, 0.05) is 30.5 Å². The number of piperidine rings is 1. The second-order valence-electron chi connectivity index (χ2n) is 6.81. The summed E-state index contributed by atoms with van der Waals surface area (Å²) in [6, 6.07) is 11.3. The predicted molar refractivity (Wildman–Crippen MR) is 97.1 cm³/mol. The molecule has 134 valence electrons. The van der Waals surface area contributed by atoms with E-state index in [-0.39, 0.29) is 18.1 Å². The van der Waals surface area contributed by atoms with Crippen LogP contribution in [0.1, 0.15) is 12.0 Å². The molecule has 2 atom stereocenters. The number of aromatic nitrogens is 1. The number of urea groups is 1. The van der Waals surface area contributed by atoms with Gasteiger partial charge < -0.3 is 20.2 Å². The highest BCUT2D eigenvalue weighted by Gasteiger charge is 2.48. The fourth-order valence-electron chi connectivity index (χ4n) is 3.78. The number of likely N-dealkylation sites (tertiary alicyclic amines) is 2. The number of anilines is 1. The number of nitrogens with zero attached hydrogens (tertiary/aromatic N) is 3. The van der Waals surface area contributed by atoms with Crippen LogP contribution in [-0.2, 0) is 0 Å². The van der Waals surface area contributed by atoms with Crippen LogP contribution in [-0.4, -0.2) is 57.2 Å². The minimum atomic E-state index is -0.918. The summed E-state index contributed by atoms with van der Waals surface area (Å²) in [5.74, 6) is 0. The third kappa shape index (κ3) is 2.85. The van der Waals surface area contributed by atoms with Crippen LogP contribution in [0.25, 0.3) is 11.3 Å². The average molecular weight is 352 g/mol. The van der Waals surface area contributed by atoms with Crippen LogP contribution in [0, 0.1) is 6.92 Å². The van der Waals surface area contributed by atoms with Crippen LogP contribution in [0.3, 0.4) is 0 Å². The lowest BCUT2D eigenvalue weighted by Gasteiger charge is -2.55. The first-order valence-corrected chi connectivity index (χ1v) is 8.62. The van der Waals surface area contributed by atoms with Crippen LogP contribution < -0.4 is 5.32 Å². The third-order valence-electron chi connectivity index (χ3n) is 5.13. The topological polar surface area (TPSA) is 85.8 Å². The van der Waals surface area contributed by atoms with Crippen LogP contribution in [0.2, 0.25) is 0 Å². The Morgan fingerprint density at radius 1 is 1.19 bits per heavy atom. The maximum atomic E-state index is 12.7. The van der Waals surface area contributed by atoms with Gasteiger partial charge in [-0.2, -0.15) is 0 Å². The molecule has 0 aliphatic carbocycles. The molecule has 2 aliphatic rings. The largest absolute Gasteiger partial charge is 0.465 e. The molecule has 3 amide bonds. The number of benzene rings is 1. The lowest BCUT2D eigenvalue weighted by atomic mass is 9.88. The lowest BCUT2D eigenvalue weighted by Crippen LogP contribution is -2.71. The van der Waals surface area contributed by atoms with E-state index in [4.69, 9.17) is 5.11 Å². The fourth-order valence-corrected chi connectivity index (χ4v) is 3.78. The number of carbonyl (C=O) groups is 2. The summed E-state index contributed by atoms with van der Waals surface area (Å²) in [5.41, 5.74) is 3.63. The summed E-state index contributed by atoms with van der Waals surface area (Å²) in [4.78, 5) is 31.3. The zero-order chi connectivity index (χ0) is 18.3. The van der Waals surface area contributed by atoms with Crippen molar-refractivity contribution in [3.8, 4) is 11.3 Å². The number of hydrogen-bond donors (Lipinski definition) is 2. The zero-order valence-electron chi connectivity index (χ0n) is 14.4. The third-order valence-corrected chi connectivity index (χ3v) is 5.13. The van der Waals surface area contributed by atoms with Crippen molar-refractivity contribution >= 4 is 17.8 Å². The highest BCUT2D eigenvalue weighted by molar-refractivity contribution is 5.91. The molecule has 2 unspecified atom stereocenters. The SMILES string of the molecule is Cc1ccc(NC(=O)N2C3CC2CN(C(=O)O)C3)cc1-c1ccccn1. The zero-order valence-corrected chi connectivity index (χ0v) is 14.4. The first-order chi connectivity index (χ1) is 12.5. The summed E-state index contributed by atoms with van der Waals surface area (Å²) >= 11 is 0. The van der Waals surface area contributed by atoms with E-state index in [1.165, 1.54) is 4.90 Å². The summed E-state index contributed by atoms with van der Waals surface area (Å²) < 4.78 is 0. The molecule has 3 heterocycles. The number of piperazine rings is 1. The molecule has 7 heteroatoms. The fraction of sp³-hybridized carbons (Fsp3) is 0.316. The van der Waals surface area contributed by atoms with Gasteiger partial charge in [-0.25, -0.2) is 9.59 Å². The molecule has 2 aromatic rings. The summed E-state index contributed by atoms with van der Waals surface area (Å²) in [7, 11) is 0. The summed E-state index contributed by atoms with van der Waals surface area (Å²) in [5, 5.41) is 12.0. The average Bonchev–Trinajstić information content (AvgIpc) is 2.64. The molecular formula is C19H20N4O3. The van der Waals surface area contributed by atoms with Crippen LogP contribution in [0.5, 0.6) is 0 Å². The predicted octanol–water partition coefficient (Wildman–Crippen LogP) is 3.03. The van der Waals surface area contributed by atoms with E-state index in [2.05, 4.69) is 10.3 Å². The van der Waals surface area contributed by atoms with Crippen molar-refractivity contribution in [1.29, 1.82) is 0 Å². The van der Waals surface area contributed by atoms with Crippen molar-refractivity contribution < 1.29 is 14.7 Å². The second kappa shape index (κ2) is 6.33. The van der Waals surface area contributed by atoms with Crippen molar-refractivity contribution in [3.05, 3.63) is 48.2 Å². The molecule has 7 nitrogen and oxygen atoms in total. The maximum absolute atomic E-state index is 12.7. The van der Waals surface area contributed by atoms with Crippen LogP contribution in [0.15, 0.2) is 42.6 Å². The Kier molecular flexibility index (Phi) is 3.99. The maximum Gasteiger partial charge on any atom is 0.407 e. The van der Waals surface area contributed by atoms with Gasteiger partial charge in [0.05, 0.1) is 17.8 Å². The molecule has 1 aromatic carbocycles. The molecule has 26 heavy (non-hydrogen) atoms. The van der Waals surface area contributed by atoms with Crippen molar-refractivity contribution in [3.63, 3.8) is 0 Å². The number of fused-ring (bicyclic) bond motifs is 2. The number of carboxylic acid groups (broad SMARTS) is 1. The highest BCUT2D eigenvalue weighted by Crippen LogP contribution is 2.33. The number of nitrogens with one attached hydrogen (secondary N) is 1. The normalized spacial score (nSPS) is 21.1. The minimum absolute atomic E-state index is 0.0365. The number of amides is 3. The van der Waals surface area contributed by atoms with Gasteiger partial charge in [-0.3, -0.25) is 4.98 Å². The molecule has 2 aliphatic heterocycles. The van der Waals surface area contributed by atoms with Crippen LogP contribution >= 0.6 is 0 Å². The Labute approximate surface area is 151 Å². The number of rotatable bonds is 2. The van der Waals surface area contributed by atoms with E-state index in [9.17, 15) is 9.59 Å². The molecule has 2 fully saturated rings. The number of hydrogen-bond acceptors (Lipinski definition) is 3. The Morgan fingerprint density at radius 3 is 2.62 bits per heavy atom. The van der Waals surface area contributed by atoms with Crippen molar-refractivity contribution in [1.82, 2.24) is 14.8 Å². The minimum Gasteiger partial charge on any atom is -0.465 e. The molecule has 2 saturated heterocycles. The van der Waals surface area contributed by atoms with Crippen molar-refractivity contribution in [2.75, 3.05) is 18.4 Å². The van der Waals surface area contributed by atoms with Gasteiger partial charge >= 0.3 is 12.1 Å². The standard InChI is InChI=1S/C19H20N4O3/c1-12-5-6-13(8-16(12)17-4-2-3-7-20-17)21-18(24)23-14-9-15(23)11-22(10-14)19(25)26/h2-8,14-15H,9-11H2,1H3,(H,21,24)(H,25,26).